The minimum Gasteiger partial charge on any atom is -0.491 e. The van der Waals surface area contributed by atoms with Crippen LogP contribution in [0.25, 0.3) is 6.08 Å². The van der Waals surface area contributed by atoms with Crippen LogP contribution >= 0.6 is 0 Å². The van der Waals surface area contributed by atoms with Crippen LogP contribution in [-0.4, -0.2) is 36.5 Å². The number of aliphatic carboxylic acids is 1. The Balaban J connectivity index is 2.76. The normalized spacial score (nSPS) is 11.1. The molecule has 0 aliphatic rings. The lowest BCUT2D eigenvalue weighted by atomic mass is 10.2. The Kier molecular flexibility index (Phi) is 5.03. The lowest BCUT2D eigenvalue weighted by Gasteiger charge is -2.04. The molecule has 5 heteroatoms. The minimum atomic E-state index is -1.12. The predicted octanol–water partition coefficient (Wildman–Crippen LogP) is 1.13. The van der Waals surface area contributed by atoms with Crippen molar-refractivity contribution in [1.29, 1.82) is 0 Å². The third kappa shape index (κ3) is 4.16. The fourth-order valence-corrected chi connectivity index (χ4v) is 1.18. The van der Waals surface area contributed by atoms with Gasteiger partial charge in [-0.2, -0.15) is 0 Å². The van der Waals surface area contributed by atoms with Crippen molar-refractivity contribution in [3.8, 4) is 5.75 Å². The molecule has 1 rings (SSSR count). The van der Waals surface area contributed by atoms with Gasteiger partial charge < -0.3 is 19.7 Å². The molecule has 1 aromatic carbocycles. The summed E-state index contributed by atoms with van der Waals surface area (Å²) in [5, 5.41) is 17.3. The molecule has 5 nitrogen and oxygen atoms in total. The number of carboxylic acid groups (broad SMARTS) is 1. The van der Waals surface area contributed by atoms with Crippen LogP contribution in [0.2, 0.25) is 0 Å². The number of rotatable bonds is 6. The number of aliphatic hydroxyl groups excluding tert-OH is 1. The molecule has 0 saturated carbocycles. The van der Waals surface area contributed by atoms with E-state index in [-0.39, 0.29) is 19.0 Å². The van der Waals surface area contributed by atoms with E-state index in [1.165, 1.54) is 13.2 Å². The summed E-state index contributed by atoms with van der Waals surface area (Å²) in [6.07, 6.45) is 1.41. The molecule has 0 atom stereocenters. The van der Waals surface area contributed by atoms with Crippen molar-refractivity contribution in [3.63, 3.8) is 0 Å². The van der Waals surface area contributed by atoms with Crippen molar-refractivity contribution in [3.05, 3.63) is 35.6 Å². The largest absolute Gasteiger partial charge is 0.491 e. The van der Waals surface area contributed by atoms with Crippen LogP contribution in [0.15, 0.2) is 30.0 Å². The highest BCUT2D eigenvalue weighted by Gasteiger charge is 2.06. The van der Waals surface area contributed by atoms with Crippen molar-refractivity contribution in [1.82, 2.24) is 0 Å². The van der Waals surface area contributed by atoms with Crippen LogP contribution in [-0.2, 0) is 9.53 Å². The Bertz CT molecular complexity index is 394. The fourth-order valence-electron chi connectivity index (χ4n) is 1.18. The minimum absolute atomic E-state index is 0.0471. The number of hydrogen-bond acceptors (Lipinski definition) is 4. The van der Waals surface area contributed by atoms with Gasteiger partial charge >= 0.3 is 5.97 Å². The molecular formula is C12H14O5. The highest BCUT2D eigenvalue weighted by Crippen LogP contribution is 2.14. The summed E-state index contributed by atoms with van der Waals surface area (Å²) in [5.74, 6) is -0.632. The van der Waals surface area contributed by atoms with E-state index in [0.29, 0.717) is 11.3 Å². The van der Waals surface area contributed by atoms with Crippen molar-refractivity contribution < 1.29 is 24.5 Å². The van der Waals surface area contributed by atoms with E-state index < -0.39 is 5.97 Å². The van der Waals surface area contributed by atoms with E-state index in [2.05, 4.69) is 0 Å². The van der Waals surface area contributed by atoms with Gasteiger partial charge in [0.1, 0.15) is 12.4 Å². The molecule has 0 amide bonds. The summed E-state index contributed by atoms with van der Waals surface area (Å²) in [7, 11) is 1.30. The molecule has 17 heavy (non-hydrogen) atoms. The van der Waals surface area contributed by atoms with E-state index >= 15 is 0 Å². The Labute approximate surface area is 98.9 Å². The average molecular weight is 238 g/mol. The third-order valence-electron chi connectivity index (χ3n) is 1.97. The third-order valence-corrected chi connectivity index (χ3v) is 1.97. The molecule has 1 aromatic rings. The number of carboxylic acids is 1. The van der Waals surface area contributed by atoms with E-state index in [1.54, 1.807) is 24.3 Å². The van der Waals surface area contributed by atoms with E-state index in [1.807, 2.05) is 0 Å². The number of hydrogen-bond donors (Lipinski definition) is 2. The van der Waals surface area contributed by atoms with Gasteiger partial charge in [0.2, 0.25) is 5.76 Å². The van der Waals surface area contributed by atoms with Crippen LogP contribution < -0.4 is 4.74 Å². The summed E-state index contributed by atoms with van der Waals surface area (Å²) in [5.41, 5.74) is 0.695. The van der Waals surface area contributed by atoms with Gasteiger partial charge in [-0.3, -0.25) is 0 Å². The van der Waals surface area contributed by atoms with Gasteiger partial charge in [0.25, 0.3) is 0 Å². The maximum atomic E-state index is 10.7. The SMILES string of the molecule is CO/C(=C\c1ccc(OCCO)cc1)C(=O)O. The van der Waals surface area contributed by atoms with Crippen molar-refractivity contribution in [2.24, 2.45) is 0 Å². The first kappa shape index (κ1) is 13.1. The summed E-state index contributed by atoms with van der Waals surface area (Å²) in [4.78, 5) is 10.7. The van der Waals surface area contributed by atoms with Gasteiger partial charge in [0.05, 0.1) is 13.7 Å². The smallest absolute Gasteiger partial charge is 0.371 e. The molecule has 0 bridgehead atoms. The molecule has 2 N–H and O–H groups in total. The molecule has 0 saturated heterocycles. The molecular weight excluding hydrogens is 224 g/mol. The Morgan fingerprint density at radius 2 is 2.00 bits per heavy atom. The summed E-state index contributed by atoms with van der Waals surface area (Å²) in [6.45, 7) is 0.183. The van der Waals surface area contributed by atoms with Crippen LogP contribution in [0, 0.1) is 0 Å². The fraction of sp³-hybridized carbons (Fsp3) is 0.250. The zero-order valence-electron chi connectivity index (χ0n) is 9.42. The molecule has 0 heterocycles. The summed E-state index contributed by atoms with van der Waals surface area (Å²) in [6, 6.07) is 6.79. The number of ether oxygens (including phenoxy) is 2. The lowest BCUT2D eigenvalue weighted by Crippen LogP contribution is -2.02. The summed E-state index contributed by atoms with van der Waals surface area (Å²) < 4.78 is 9.88. The molecule has 0 aliphatic carbocycles. The molecule has 92 valence electrons. The number of aliphatic hydroxyl groups is 1. The highest BCUT2D eigenvalue weighted by molar-refractivity contribution is 5.89. The first-order valence-electron chi connectivity index (χ1n) is 5.00. The quantitative estimate of drug-likeness (QED) is 0.574. The maximum Gasteiger partial charge on any atom is 0.371 e. The molecule has 0 aromatic heterocycles. The Hall–Kier alpha value is -2.01. The molecule has 0 unspecified atom stereocenters. The van der Waals surface area contributed by atoms with Crippen LogP contribution in [0.5, 0.6) is 5.75 Å². The standard InChI is InChI=1S/C12H14O5/c1-16-11(12(14)15)8-9-2-4-10(5-3-9)17-7-6-13/h2-5,8,13H,6-7H2,1H3,(H,14,15)/b11-8-. The van der Waals surface area contributed by atoms with Gasteiger partial charge in [0.15, 0.2) is 0 Å². The molecule has 0 aliphatic heterocycles. The number of carbonyl (C=O) groups is 1. The molecule has 0 spiro atoms. The maximum absolute atomic E-state index is 10.7. The Morgan fingerprint density at radius 1 is 1.35 bits per heavy atom. The second kappa shape index (κ2) is 6.55. The van der Waals surface area contributed by atoms with E-state index in [4.69, 9.17) is 19.7 Å². The van der Waals surface area contributed by atoms with Gasteiger partial charge in [-0.25, -0.2) is 4.79 Å². The second-order valence-electron chi connectivity index (χ2n) is 3.16. The van der Waals surface area contributed by atoms with Crippen molar-refractivity contribution >= 4 is 12.0 Å². The number of benzene rings is 1. The first-order valence-corrected chi connectivity index (χ1v) is 5.00. The first-order chi connectivity index (χ1) is 8.17. The zero-order valence-corrected chi connectivity index (χ0v) is 9.42. The predicted molar refractivity (Wildman–Crippen MR) is 61.6 cm³/mol. The topological polar surface area (TPSA) is 76.0 Å². The van der Waals surface area contributed by atoms with Crippen molar-refractivity contribution in [2.75, 3.05) is 20.3 Å². The van der Waals surface area contributed by atoms with Gasteiger partial charge in [-0.1, -0.05) is 12.1 Å². The zero-order chi connectivity index (χ0) is 12.7. The van der Waals surface area contributed by atoms with Crippen LogP contribution in [0.3, 0.4) is 0 Å². The van der Waals surface area contributed by atoms with E-state index in [9.17, 15) is 4.79 Å². The van der Waals surface area contributed by atoms with Gasteiger partial charge in [-0.05, 0) is 23.8 Å². The van der Waals surface area contributed by atoms with E-state index in [0.717, 1.165) is 0 Å². The Morgan fingerprint density at radius 3 is 2.47 bits per heavy atom. The summed E-state index contributed by atoms with van der Waals surface area (Å²) >= 11 is 0. The van der Waals surface area contributed by atoms with Crippen LogP contribution in [0.4, 0.5) is 0 Å². The number of methoxy groups -OCH3 is 1. The lowest BCUT2D eigenvalue weighted by molar-refractivity contribution is -0.135. The highest BCUT2D eigenvalue weighted by atomic mass is 16.5. The average Bonchev–Trinajstić information content (AvgIpc) is 2.34. The van der Waals surface area contributed by atoms with Gasteiger partial charge in [0, 0.05) is 0 Å². The van der Waals surface area contributed by atoms with Gasteiger partial charge in [-0.15, -0.1) is 0 Å². The van der Waals surface area contributed by atoms with Crippen LogP contribution in [0.1, 0.15) is 5.56 Å². The second-order valence-corrected chi connectivity index (χ2v) is 3.16. The van der Waals surface area contributed by atoms with Crippen molar-refractivity contribution in [2.45, 2.75) is 0 Å². The molecule has 0 radical (unpaired) electrons. The molecule has 0 fully saturated rings. The monoisotopic (exact) mass is 238 g/mol.